The number of methoxy groups -OCH3 is 1. The summed E-state index contributed by atoms with van der Waals surface area (Å²) in [5.74, 6) is 1.89. The highest BCUT2D eigenvalue weighted by atomic mass is 32.2. The number of piperazine rings is 2. The van der Waals surface area contributed by atoms with Gasteiger partial charge in [0.25, 0.3) is 0 Å². The third-order valence-corrected chi connectivity index (χ3v) is 10.8. The number of hydrogen-bond donors (Lipinski definition) is 3. The summed E-state index contributed by atoms with van der Waals surface area (Å²) in [4.78, 5) is 23.4. The molecule has 0 atom stereocenters. The van der Waals surface area contributed by atoms with E-state index in [0.717, 1.165) is 120 Å². The van der Waals surface area contributed by atoms with E-state index in [-0.39, 0.29) is 5.91 Å². The molecule has 0 spiro atoms. The van der Waals surface area contributed by atoms with Crippen molar-refractivity contribution in [2.24, 2.45) is 5.73 Å². The molecule has 2 saturated heterocycles. The Morgan fingerprint density at radius 3 is 2.14 bits per heavy atom. The van der Waals surface area contributed by atoms with Gasteiger partial charge in [-0.25, -0.2) is 0 Å². The molecule has 51 heavy (non-hydrogen) atoms. The van der Waals surface area contributed by atoms with E-state index in [4.69, 9.17) is 15.7 Å². The number of thioether (sulfide) groups is 1. The fourth-order valence-corrected chi connectivity index (χ4v) is 7.56. The minimum Gasteiger partial charge on any atom is -0.508 e. The molecular weight excluding hydrogens is 659 g/mol. The first-order chi connectivity index (χ1) is 24.9. The van der Waals surface area contributed by atoms with Gasteiger partial charge in [-0.2, -0.15) is 5.26 Å². The maximum atomic E-state index is 12.6. The summed E-state index contributed by atoms with van der Waals surface area (Å²) in [6.45, 7) is 12.0. The summed E-state index contributed by atoms with van der Waals surface area (Å²) in [6.07, 6.45) is 6.34. The van der Waals surface area contributed by atoms with Crippen LogP contribution in [0.15, 0.2) is 77.2 Å². The van der Waals surface area contributed by atoms with Gasteiger partial charge in [-0.1, -0.05) is 12.1 Å². The lowest BCUT2D eigenvalue weighted by atomic mass is 10.1. The van der Waals surface area contributed by atoms with Crippen LogP contribution < -0.4 is 25.6 Å². The second-order valence-corrected chi connectivity index (χ2v) is 14.2. The predicted octanol–water partition coefficient (Wildman–Crippen LogP) is 5.03. The predicted molar refractivity (Wildman–Crippen MR) is 209 cm³/mol. The summed E-state index contributed by atoms with van der Waals surface area (Å²) >= 11 is 1.70. The Bertz CT molecular complexity index is 1630. The maximum Gasteiger partial charge on any atom is 0.248 e. The average Bonchev–Trinajstić information content (AvgIpc) is 3.18. The van der Waals surface area contributed by atoms with Gasteiger partial charge in [0.1, 0.15) is 11.5 Å². The zero-order valence-corrected chi connectivity index (χ0v) is 30.8. The van der Waals surface area contributed by atoms with Crippen molar-refractivity contribution in [1.29, 1.82) is 5.26 Å². The third kappa shape index (κ3) is 11.7. The largest absolute Gasteiger partial charge is 0.508 e. The van der Waals surface area contributed by atoms with Crippen LogP contribution in [-0.2, 0) is 4.79 Å². The van der Waals surface area contributed by atoms with Crippen LogP contribution in [0.5, 0.6) is 11.5 Å². The Kier molecular flexibility index (Phi) is 14.9. The van der Waals surface area contributed by atoms with Gasteiger partial charge < -0.3 is 30.7 Å². The fraction of sp³-hybridized carbons (Fsp3) is 0.450. The van der Waals surface area contributed by atoms with E-state index in [2.05, 4.69) is 43.1 Å². The molecule has 3 aliphatic heterocycles. The van der Waals surface area contributed by atoms with Crippen molar-refractivity contribution in [3.05, 3.63) is 83.4 Å². The number of nitrogens with one attached hydrogen (secondary N) is 1. The van der Waals surface area contributed by atoms with Crippen molar-refractivity contribution in [3.63, 3.8) is 0 Å². The monoisotopic (exact) mass is 711 g/mol. The molecule has 11 heteroatoms. The van der Waals surface area contributed by atoms with Crippen molar-refractivity contribution < 1.29 is 14.6 Å². The molecule has 0 saturated carbocycles. The zero-order chi connectivity index (χ0) is 35.8. The topological polar surface area (TPSA) is 121 Å². The molecule has 10 nitrogen and oxygen atoms in total. The van der Waals surface area contributed by atoms with E-state index in [1.54, 1.807) is 24.9 Å². The van der Waals surface area contributed by atoms with Crippen molar-refractivity contribution in [1.82, 2.24) is 15.1 Å². The first-order valence-electron chi connectivity index (χ1n) is 18.2. The normalized spacial score (nSPS) is 16.3. The van der Waals surface area contributed by atoms with Crippen molar-refractivity contribution in [2.45, 2.75) is 30.6 Å². The lowest BCUT2D eigenvalue weighted by Crippen LogP contribution is -2.46. The van der Waals surface area contributed by atoms with Crippen molar-refractivity contribution in [2.75, 3.05) is 101 Å². The molecule has 3 aliphatic rings. The van der Waals surface area contributed by atoms with Gasteiger partial charge in [0.05, 0.1) is 18.7 Å². The lowest BCUT2D eigenvalue weighted by molar-refractivity contribution is -0.117. The van der Waals surface area contributed by atoms with E-state index in [9.17, 15) is 9.90 Å². The number of ether oxygens (including phenoxy) is 1. The summed E-state index contributed by atoms with van der Waals surface area (Å²) < 4.78 is 5.30. The van der Waals surface area contributed by atoms with Crippen LogP contribution in [0.1, 0.15) is 36.8 Å². The zero-order valence-electron chi connectivity index (χ0n) is 29.9. The lowest BCUT2D eigenvalue weighted by Gasteiger charge is -2.36. The maximum absolute atomic E-state index is 12.6. The molecule has 3 aromatic carbocycles. The van der Waals surface area contributed by atoms with Gasteiger partial charge >= 0.3 is 0 Å². The quantitative estimate of drug-likeness (QED) is 0.208. The number of nitrogens with zero attached hydrogens (tertiary/aromatic N) is 5. The van der Waals surface area contributed by atoms with Gasteiger partial charge in [0.15, 0.2) is 0 Å². The first kappa shape index (κ1) is 38.0. The molecule has 0 aromatic heterocycles. The second kappa shape index (κ2) is 20.0. The Morgan fingerprint density at radius 1 is 0.863 bits per heavy atom. The van der Waals surface area contributed by atoms with Crippen LogP contribution >= 0.6 is 11.8 Å². The third-order valence-electron chi connectivity index (χ3n) is 9.62. The number of carbonyl (C=O) groups excluding carboxylic acids is 1. The minimum atomic E-state index is 0.0317. The molecule has 6 rings (SSSR count). The number of nitriles is 1. The standard InChI is InChI=1S/C26H30N4O2S.C14H23N3O/c1-32-24-7-8-25-21(17-24)16-22(19-33-25)26(31)28-9-2-3-10-29-11-13-30(14-12-29)23-6-4-5-20(15-23)18-27;15-6-1-2-7-16-8-10-17(11-9-16)13-4-3-5-14(18)12-13/h4-8,15-17H,2-3,9-14,19H2,1H3,(H,28,31);3-5,12,18H,1-2,6-11,15H2. The number of carbonyl (C=O) groups is 1. The number of aromatic hydroxyl groups is 1. The summed E-state index contributed by atoms with van der Waals surface area (Å²) in [7, 11) is 1.66. The van der Waals surface area contributed by atoms with Crippen molar-refractivity contribution >= 4 is 35.1 Å². The van der Waals surface area contributed by atoms with Gasteiger partial charge in [-0.3, -0.25) is 14.6 Å². The molecule has 2 fully saturated rings. The first-order valence-corrected chi connectivity index (χ1v) is 19.2. The number of rotatable bonds is 13. The number of anilines is 2. The number of phenols is 1. The number of fused-ring (bicyclic) bond motifs is 1. The molecular formula is C40H53N7O3S. The molecule has 0 aliphatic carbocycles. The average molecular weight is 712 g/mol. The molecule has 3 heterocycles. The highest BCUT2D eigenvalue weighted by molar-refractivity contribution is 7.99. The molecule has 3 aromatic rings. The van der Waals surface area contributed by atoms with Gasteiger partial charge in [-0.05, 0) is 105 Å². The smallest absolute Gasteiger partial charge is 0.248 e. The van der Waals surface area contributed by atoms with E-state index in [1.165, 1.54) is 11.3 Å². The fourth-order valence-electron chi connectivity index (χ4n) is 6.59. The Hall–Kier alpha value is -4.21. The van der Waals surface area contributed by atoms with E-state index >= 15 is 0 Å². The van der Waals surface area contributed by atoms with Crippen LogP contribution in [0.4, 0.5) is 11.4 Å². The molecule has 272 valence electrons. The number of phenolic OH excluding ortho intramolecular Hbond substituents is 1. The SMILES string of the molecule is COc1ccc2c(c1)C=C(C(=O)NCCCCN1CCN(c3cccc(C#N)c3)CC1)CS2.NCCCCN1CCN(c2cccc(O)c2)CC1. The number of nitrogens with two attached hydrogens (primary N) is 1. The summed E-state index contributed by atoms with van der Waals surface area (Å²) in [5, 5.41) is 21.7. The Labute approximate surface area is 307 Å². The Morgan fingerprint density at radius 2 is 1.51 bits per heavy atom. The molecule has 1 amide bonds. The molecule has 0 unspecified atom stereocenters. The van der Waals surface area contributed by atoms with Crippen LogP contribution in [0, 0.1) is 11.3 Å². The van der Waals surface area contributed by atoms with Gasteiger partial charge in [0, 0.05) is 92.6 Å². The molecule has 0 radical (unpaired) electrons. The number of unbranched alkanes of at least 4 members (excludes halogenated alkanes) is 2. The van der Waals surface area contributed by atoms with E-state index < -0.39 is 0 Å². The van der Waals surface area contributed by atoms with Crippen LogP contribution in [-0.4, -0.2) is 112 Å². The molecule has 0 bridgehead atoms. The molecule has 4 N–H and O–H groups in total. The van der Waals surface area contributed by atoms with E-state index in [0.29, 0.717) is 23.6 Å². The van der Waals surface area contributed by atoms with Crippen LogP contribution in [0.3, 0.4) is 0 Å². The highest BCUT2D eigenvalue weighted by Gasteiger charge is 2.19. The van der Waals surface area contributed by atoms with E-state index in [1.807, 2.05) is 54.6 Å². The number of amides is 1. The summed E-state index contributed by atoms with van der Waals surface area (Å²) in [6, 6.07) is 23.6. The van der Waals surface area contributed by atoms with Crippen LogP contribution in [0.2, 0.25) is 0 Å². The highest BCUT2D eigenvalue weighted by Crippen LogP contribution is 2.34. The second-order valence-electron chi connectivity index (χ2n) is 13.2. The van der Waals surface area contributed by atoms with Gasteiger partial charge in [0.2, 0.25) is 5.91 Å². The number of benzene rings is 3. The number of hydrogen-bond acceptors (Lipinski definition) is 10. The van der Waals surface area contributed by atoms with Crippen LogP contribution in [0.25, 0.3) is 6.08 Å². The summed E-state index contributed by atoms with van der Waals surface area (Å²) in [5.41, 5.74) is 10.3. The minimum absolute atomic E-state index is 0.0317. The van der Waals surface area contributed by atoms with Gasteiger partial charge in [-0.15, -0.1) is 11.8 Å². The van der Waals surface area contributed by atoms with Crippen molar-refractivity contribution in [3.8, 4) is 17.6 Å². The Balaban J connectivity index is 0.000000236.